The van der Waals surface area contributed by atoms with Crippen LogP contribution in [0.2, 0.25) is 0 Å². The van der Waals surface area contributed by atoms with Crippen LogP contribution in [0.3, 0.4) is 0 Å². The molecule has 0 unspecified atom stereocenters. The number of hydrogen-bond donors (Lipinski definition) is 1. The molecule has 0 radical (unpaired) electrons. The van der Waals surface area contributed by atoms with Crippen molar-refractivity contribution in [2.24, 2.45) is 0 Å². The van der Waals surface area contributed by atoms with Gasteiger partial charge in [0.1, 0.15) is 16.7 Å². The molecule has 1 aliphatic heterocycles. The zero-order valence-electron chi connectivity index (χ0n) is 14.1. The van der Waals surface area contributed by atoms with Gasteiger partial charge in [0.2, 0.25) is 0 Å². The highest BCUT2D eigenvalue weighted by Gasteiger charge is 2.23. The van der Waals surface area contributed by atoms with E-state index in [1.165, 1.54) is 11.8 Å². The van der Waals surface area contributed by atoms with Gasteiger partial charge >= 0.3 is 0 Å². The summed E-state index contributed by atoms with van der Waals surface area (Å²) in [6.07, 6.45) is 1.86. The largest absolute Gasteiger partial charge is 0.488 e. The maximum atomic E-state index is 12.1. The molecule has 4 rings (SSSR count). The van der Waals surface area contributed by atoms with Crippen LogP contribution in [0.5, 0.6) is 5.75 Å². The number of halogens is 1. The number of hydrogen-bond acceptors (Lipinski definition) is 4. The summed E-state index contributed by atoms with van der Waals surface area (Å²) < 4.78 is 7.62. The van der Waals surface area contributed by atoms with Gasteiger partial charge in [0, 0.05) is 10.0 Å². The summed E-state index contributed by atoms with van der Waals surface area (Å²) in [6.45, 7) is 0.444. The summed E-state index contributed by atoms with van der Waals surface area (Å²) in [4.78, 5) is 12.7. The van der Waals surface area contributed by atoms with Crippen molar-refractivity contribution in [3.05, 3.63) is 81.2 Å². The van der Waals surface area contributed by atoms with E-state index in [0.29, 0.717) is 15.8 Å². The SMILES string of the molecule is O=C1NC(=S)SC1=Cc1c(OCc2ccc(Br)cc2)ccc2ccccc12. The normalized spacial score (nSPS) is 15.4. The Hall–Kier alpha value is -2.15. The van der Waals surface area contributed by atoms with Crippen LogP contribution in [0.25, 0.3) is 16.8 Å². The first-order valence-corrected chi connectivity index (χ1v) is 10.3. The van der Waals surface area contributed by atoms with E-state index in [0.717, 1.165) is 32.1 Å². The first-order chi connectivity index (χ1) is 13.1. The van der Waals surface area contributed by atoms with E-state index in [1.54, 1.807) is 0 Å². The lowest BCUT2D eigenvalue weighted by atomic mass is 10.0. The summed E-state index contributed by atoms with van der Waals surface area (Å²) in [5.74, 6) is 0.562. The van der Waals surface area contributed by atoms with Crippen molar-refractivity contribution < 1.29 is 9.53 Å². The third-order valence-corrected chi connectivity index (χ3v) is 5.85. The van der Waals surface area contributed by atoms with Gasteiger partial charge < -0.3 is 10.1 Å². The van der Waals surface area contributed by atoms with Gasteiger partial charge in [-0.2, -0.15) is 0 Å². The van der Waals surface area contributed by atoms with E-state index < -0.39 is 0 Å². The molecule has 0 atom stereocenters. The lowest BCUT2D eigenvalue weighted by molar-refractivity contribution is -0.115. The Morgan fingerprint density at radius 3 is 2.59 bits per heavy atom. The molecule has 0 saturated carbocycles. The van der Waals surface area contributed by atoms with Gasteiger partial charge in [-0.15, -0.1) is 0 Å². The summed E-state index contributed by atoms with van der Waals surface area (Å²) in [5, 5.41) is 4.78. The number of ether oxygens (including phenoxy) is 1. The summed E-state index contributed by atoms with van der Waals surface area (Å²) in [6, 6.07) is 20.0. The Morgan fingerprint density at radius 1 is 1.07 bits per heavy atom. The van der Waals surface area contributed by atoms with Crippen LogP contribution in [0.4, 0.5) is 0 Å². The van der Waals surface area contributed by atoms with Crippen LogP contribution >= 0.6 is 39.9 Å². The van der Waals surface area contributed by atoms with E-state index in [-0.39, 0.29) is 5.91 Å². The summed E-state index contributed by atoms with van der Waals surface area (Å²) in [7, 11) is 0. The number of carbonyl (C=O) groups excluding carboxylic acids is 1. The van der Waals surface area contributed by atoms with E-state index in [2.05, 4.69) is 21.2 Å². The van der Waals surface area contributed by atoms with Gasteiger partial charge in [-0.05, 0) is 40.6 Å². The zero-order chi connectivity index (χ0) is 18.8. The highest BCUT2D eigenvalue weighted by Crippen LogP contribution is 2.34. The minimum atomic E-state index is -0.170. The van der Waals surface area contributed by atoms with Crippen molar-refractivity contribution in [2.45, 2.75) is 6.61 Å². The Morgan fingerprint density at radius 2 is 1.85 bits per heavy atom. The smallest absolute Gasteiger partial charge is 0.263 e. The Labute approximate surface area is 174 Å². The molecule has 1 fully saturated rings. The molecule has 134 valence electrons. The average Bonchev–Trinajstić information content (AvgIpc) is 2.99. The molecule has 1 N–H and O–H groups in total. The van der Waals surface area contributed by atoms with Crippen LogP contribution in [0, 0.1) is 0 Å². The molecule has 0 aromatic heterocycles. The van der Waals surface area contributed by atoms with E-state index in [1.807, 2.05) is 66.7 Å². The number of thiocarbonyl (C=S) groups is 1. The number of rotatable bonds is 4. The van der Waals surface area contributed by atoms with Gasteiger partial charge in [0.15, 0.2) is 0 Å². The molecule has 0 aliphatic carbocycles. The Kier molecular flexibility index (Phi) is 5.29. The van der Waals surface area contributed by atoms with Crippen molar-refractivity contribution >= 4 is 67.0 Å². The van der Waals surface area contributed by atoms with Crippen molar-refractivity contribution in [1.82, 2.24) is 5.32 Å². The van der Waals surface area contributed by atoms with E-state index in [4.69, 9.17) is 17.0 Å². The first kappa shape index (κ1) is 18.2. The molecule has 3 aromatic carbocycles. The predicted molar refractivity (Wildman–Crippen MR) is 119 cm³/mol. The molecule has 1 amide bonds. The fourth-order valence-electron chi connectivity index (χ4n) is 2.84. The topological polar surface area (TPSA) is 38.3 Å². The standard InChI is InChI=1S/C21H14BrNO2S2/c22-15-8-5-13(6-9-15)12-25-18-10-7-14-3-1-2-4-16(14)17(18)11-19-20(24)23-21(26)27-19/h1-11H,12H2,(H,23,24,26). The van der Waals surface area contributed by atoms with Crippen LogP contribution in [0.1, 0.15) is 11.1 Å². The van der Waals surface area contributed by atoms with E-state index >= 15 is 0 Å². The number of fused-ring (bicyclic) bond motifs is 1. The highest BCUT2D eigenvalue weighted by atomic mass is 79.9. The number of thioether (sulfide) groups is 1. The van der Waals surface area contributed by atoms with Crippen molar-refractivity contribution in [2.75, 3.05) is 0 Å². The van der Waals surface area contributed by atoms with E-state index in [9.17, 15) is 4.79 Å². The molecule has 1 aliphatic rings. The predicted octanol–water partition coefficient (Wildman–Crippen LogP) is 5.67. The summed E-state index contributed by atoms with van der Waals surface area (Å²) >= 11 is 9.81. The molecule has 27 heavy (non-hydrogen) atoms. The Bertz CT molecular complexity index is 1080. The monoisotopic (exact) mass is 455 g/mol. The fourth-order valence-corrected chi connectivity index (χ4v) is 4.13. The van der Waals surface area contributed by atoms with Crippen molar-refractivity contribution in [3.8, 4) is 5.75 Å². The highest BCUT2D eigenvalue weighted by molar-refractivity contribution is 9.10. The minimum Gasteiger partial charge on any atom is -0.488 e. The molecule has 3 aromatic rings. The molecule has 0 bridgehead atoms. The molecule has 6 heteroatoms. The van der Waals surface area contributed by atoms with Gasteiger partial charge in [-0.1, -0.05) is 82.4 Å². The molecule has 3 nitrogen and oxygen atoms in total. The average molecular weight is 456 g/mol. The number of carbonyl (C=O) groups is 1. The number of benzene rings is 3. The molecular weight excluding hydrogens is 442 g/mol. The second-order valence-corrected chi connectivity index (χ2v) is 8.60. The molecule has 1 saturated heterocycles. The quantitative estimate of drug-likeness (QED) is 0.406. The van der Waals surface area contributed by atoms with Crippen LogP contribution in [-0.4, -0.2) is 10.2 Å². The van der Waals surface area contributed by atoms with Crippen LogP contribution in [0.15, 0.2) is 70.0 Å². The fraction of sp³-hybridized carbons (Fsp3) is 0.0476. The lowest BCUT2D eigenvalue weighted by Crippen LogP contribution is -2.17. The van der Waals surface area contributed by atoms with Crippen molar-refractivity contribution in [3.63, 3.8) is 0 Å². The third kappa shape index (κ3) is 4.08. The third-order valence-electron chi connectivity index (χ3n) is 4.16. The molecular formula is C21H14BrNO2S2. The van der Waals surface area contributed by atoms with Gasteiger partial charge in [-0.3, -0.25) is 4.79 Å². The molecule has 0 spiro atoms. The second kappa shape index (κ2) is 7.84. The Balaban J connectivity index is 1.73. The van der Waals surface area contributed by atoms with Crippen LogP contribution < -0.4 is 10.1 Å². The maximum absolute atomic E-state index is 12.1. The minimum absolute atomic E-state index is 0.170. The van der Waals surface area contributed by atoms with Crippen molar-refractivity contribution in [1.29, 1.82) is 0 Å². The zero-order valence-corrected chi connectivity index (χ0v) is 17.3. The van der Waals surface area contributed by atoms with Gasteiger partial charge in [0.25, 0.3) is 5.91 Å². The van der Waals surface area contributed by atoms with Gasteiger partial charge in [0.05, 0.1) is 4.91 Å². The first-order valence-electron chi connectivity index (χ1n) is 8.24. The number of amides is 1. The maximum Gasteiger partial charge on any atom is 0.263 e. The second-order valence-electron chi connectivity index (χ2n) is 5.97. The summed E-state index contributed by atoms with van der Waals surface area (Å²) in [5.41, 5.74) is 1.95. The lowest BCUT2D eigenvalue weighted by Gasteiger charge is -2.13. The van der Waals surface area contributed by atoms with Gasteiger partial charge in [-0.25, -0.2) is 0 Å². The van der Waals surface area contributed by atoms with Crippen LogP contribution in [-0.2, 0) is 11.4 Å². The molecule has 1 heterocycles. The number of nitrogens with one attached hydrogen (secondary N) is 1.